The summed E-state index contributed by atoms with van der Waals surface area (Å²) in [5, 5.41) is 28.8. The van der Waals surface area contributed by atoms with E-state index in [0.29, 0.717) is 11.3 Å². The smallest absolute Gasteiger partial charge is 0.251 e. The first kappa shape index (κ1) is 78.9. The number of nitrogens with one attached hydrogen (secondary N) is 11. The summed E-state index contributed by atoms with van der Waals surface area (Å²) in [5.74, 6) is -9.12. The van der Waals surface area contributed by atoms with Crippen molar-refractivity contribution in [2.24, 2.45) is 55.3 Å². The first-order valence-corrected chi connectivity index (χ1v) is 31.6. The molecular weight excluding hydrogens is 1280 g/mol. The second kappa shape index (κ2) is 41.3. The van der Waals surface area contributed by atoms with Gasteiger partial charge in [0.15, 0.2) is 17.9 Å². The molecule has 0 radical (unpaired) electrons. The van der Waals surface area contributed by atoms with Crippen LogP contribution in [0.5, 0.6) is 0 Å². The SMILES string of the molecule is CC(C)C[C@H](NC(=O)[C@H](C)NC(=O)CNC(=O)[C@H](CCCN=C(N)N)NC(=O)[C@H](CCCN=C(N)N)NC(=O)[C@H](C)NC(=O)Cc1ccc(Cl)c(Cl)c1)C(=O)N[C@@H](CCCN=C(N)N)C(=O)NC(CNC(=O)c1ccc(-n2cccc2)cc1)C(=O)N[C@@H](C)C(=O)NCCS. The fourth-order valence-corrected chi connectivity index (χ4v) is 9.21. The van der Waals surface area contributed by atoms with Gasteiger partial charge in [-0.15, -0.1) is 0 Å². The maximum Gasteiger partial charge on any atom is 0.251 e. The van der Waals surface area contributed by atoms with Crippen LogP contribution >= 0.6 is 35.8 Å². The van der Waals surface area contributed by atoms with E-state index in [9.17, 15) is 52.7 Å². The second-order valence-electron chi connectivity index (χ2n) is 22.1. The number of benzene rings is 2. The lowest BCUT2D eigenvalue weighted by Crippen LogP contribution is -2.60. The molecule has 0 spiro atoms. The quantitative estimate of drug-likeness (QED) is 0.0117. The molecule has 0 saturated carbocycles. The molecule has 2 aromatic carbocycles. The predicted octanol–water partition coefficient (Wildman–Crippen LogP) is -2.94. The molecule has 1 aromatic heterocycles. The van der Waals surface area contributed by atoms with Crippen LogP contribution < -0.4 is 92.9 Å². The number of aliphatic imine (C=N–C) groups is 3. The Labute approximate surface area is 560 Å². The van der Waals surface area contributed by atoms with Crippen LogP contribution in [0.2, 0.25) is 10.0 Å². The zero-order valence-electron chi connectivity index (χ0n) is 53.1. The molecule has 0 bridgehead atoms. The van der Waals surface area contributed by atoms with Gasteiger partial charge in [-0.05, 0) is 126 Å². The first-order valence-electron chi connectivity index (χ1n) is 30.2. The van der Waals surface area contributed by atoms with Crippen LogP contribution in [-0.2, 0) is 54.4 Å². The molecule has 23 N–H and O–H groups in total. The summed E-state index contributed by atoms with van der Waals surface area (Å²) in [6.45, 7) is 6.74. The summed E-state index contributed by atoms with van der Waals surface area (Å²) < 4.78 is 1.83. The Hall–Kier alpha value is -9.37. The Bertz CT molecular complexity index is 3140. The van der Waals surface area contributed by atoms with E-state index >= 15 is 0 Å². The molecule has 0 aliphatic carbocycles. The molecule has 0 saturated heterocycles. The Morgan fingerprint density at radius 2 is 0.936 bits per heavy atom. The number of guanidine groups is 3. The van der Waals surface area contributed by atoms with Crippen LogP contribution in [0, 0.1) is 5.92 Å². The van der Waals surface area contributed by atoms with Crippen molar-refractivity contribution in [2.75, 3.05) is 45.0 Å². The molecule has 11 amide bonds. The Morgan fingerprint density at radius 3 is 1.43 bits per heavy atom. The standard InChI is InChI=1S/C59H89Cl2N21O11S/c1-32(2)27-44(55(92)79-43(13-10-22-71-59(66)67)54(91)81-45(56(93)76-33(3)48(85)68-23-26-94)30-72-51(88)37-15-17-38(18-16-37)82-24-6-7-25-82)80-50(87)35(5)75-47(84)31-73-52(89)41(11-8-20-69-57(62)63)78-53(90)42(12-9-21-70-58(64)65)77-49(86)34(4)74-46(83)29-36-14-19-39(60)40(61)28-36/h6-7,14-19,24-25,28,32-35,41-45,94H,8-13,20-23,26-27,29-31H2,1-5H3,(H,68,85)(H,72,88)(H,73,89)(H,74,83)(H,75,84)(H,76,93)(H,77,86)(H,78,90)(H,79,92)(H,80,87)(H,81,91)(H4,62,63,69)(H4,64,65,70)(H4,66,67,71)/t33-,34-,35-,41-,42-,43-,44-,45?/m0/s1. The van der Waals surface area contributed by atoms with E-state index in [1.807, 2.05) is 29.1 Å². The van der Waals surface area contributed by atoms with E-state index in [4.69, 9.17) is 57.6 Å². The third kappa shape index (κ3) is 29.9. The number of halogens is 2. The van der Waals surface area contributed by atoms with Crippen LogP contribution in [0.4, 0.5) is 0 Å². The van der Waals surface area contributed by atoms with Gasteiger partial charge in [0.25, 0.3) is 5.91 Å². The Morgan fingerprint density at radius 1 is 0.489 bits per heavy atom. The number of nitrogens with two attached hydrogens (primary N) is 6. The average Bonchev–Trinajstić information content (AvgIpc) is 1.36. The first-order chi connectivity index (χ1) is 44.5. The lowest BCUT2D eigenvalue weighted by Gasteiger charge is -2.27. The van der Waals surface area contributed by atoms with E-state index in [2.05, 4.69) is 86.1 Å². The summed E-state index contributed by atoms with van der Waals surface area (Å²) in [6, 6.07) is 4.31. The average molecular weight is 1370 g/mol. The summed E-state index contributed by atoms with van der Waals surface area (Å²) in [6.07, 6.45) is 3.69. The molecule has 3 rings (SSSR count). The van der Waals surface area contributed by atoms with Crippen molar-refractivity contribution in [3.63, 3.8) is 0 Å². The van der Waals surface area contributed by atoms with Crippen LogP contribution in [0.3, 0.4) is 0 Å². The molecule has 3 aromatic rings. The second-order valence-corrected chi connectivity index (χ2v) is 23.4. The van der Waals surface area contributed by atoms with Crippen molar-refractivity contribution >= 4 is 119 Å². The minimum absolute atomic E-state index is 0.0129. The van der Waals surface area contributed by atoms with Gasteiger partial charge in [-0.2, -0.15) is 12.6 Å². The van der Waals surface area contributed by atoms with E-state index in [1.165, 1.54) is 32.9 Å². The molecule has 1 unspecified atom stereocenters. The summed E-state index contributed by atoms with van der Waals surface area (Å²) in [7, 11) is 0. The molecule has 1 heterocycles. The monoisotopic (exact) mass is 1370 g/mol. The lowest BCUT2D eigenvalue weighted by molar-refractivity contribution is -0.135. The van der Waals surface area contributed by atoms with Gasteiger partial charge in [0.05, 0.1) is 23.0 Å². The van der Waals surface area contributed by atoms with Gasteiger partial charge in [-0.25, -0.2) is 0 Å². The third-order valence-corrected chi connectivity index (χ3v) is 14.6. The van der Waals surface area contributed by atoms with Crippen molar-refractivity contribution < 1.29 is 52.7 Å². The Kier molecular flexibility index (Phi) is 34.6. The minimum Gasteiger partial charge on any atom is -0.370 e. The fraction of sp³-hybridized carbons (Fsp3) is 0.492. The van der Waals surface area contributed by atoms with E-state index in [-0.39, 0.29) is 117 Å². The molecule has 0 aliphatic heterocycles. The van der Waals surface area contributed by atoms with Gasteiger partial charge in [-0.3, -0.25) is 67.7 Å². The number of nitrogens with zero attached hydrogens (tertiary/aromatic N) is 4. The number of aromatic nitrogens is 1. The maximum atomic E-state index is 14.3. The number of hydrogen-bond acceptors (Lipinski definition) is 15. The highest BCUT2D eigenvalue weighted by atomic mass is 35.5. The number of thiol groups is 1. The van der Waals surface area contributed by atoms with Gasteiger partial charge in [0.2, 0.25) is 59.1 Å². The van der Waals surface area contributed by atoms with Crippen LogP contribution in [0.25, 0.3) is 5.69 Å². The topological polar surface area (TPSA) is 518 Å². The third-order valence-electron chi connectivity index (χ3n) is 13.7. The van der Waals surface area contributed by atoms with Crippen molar-refractivity contribution in [1.82, 2.24) is 63.1 Å². The number of hydrogen-bond donors (Lipinski definition) is 18. The summed E-state index contributed by atoms with van der Waals surface area (Å²) >= 11 is 16.2. The summed E-state index contributed by atoms with van der Waals surface area (Å²) in [5.41, 5.74) is 34.6. The largest absolute Gasteiger partial charge is 0.370 e. The van der Waals surface area contributed by atoms with Crippen LogP contribution in [-0.4, -0.2) is 181 Å². The predicted molar refractivity (Wildman–Crippen MR) is 360 cm³/mol. The zero-order valence-corrected chi connectivity index (χ0v) is 55.5. The van der Waals surface area contributed by atoms with Gasteiger partial charge in [0, 0.05) is 62.1 Å². The normalized spacial score (nSPS) is 13.4. The molecular formula is C59H89Cl2N21O11S. The van der Waals surface area contributed by atoms with Gasteiger partial charge in [0.1, 0.15) is 48.3 Å². The molecule has 0 fully saturated rings. The fourth-order valence-electron chi connectivity index (χ4n) is 8.78. The van der Waals surface area contributed by atoms with Crippen LogP contribution in [0.15, 0.2) is 82.0 Å². The maximum absolute atomic E-state index is 14.3. The van der Waals surface area contributed by atoms with Crippen molar-refractivity contribution in [2.45, 2.75) is 134 Å². The lowest BCUT2D eigenvalue weighted by atomic mass is 10.0. The van der Waals surface area contributed by atoms with Gasteiger partial charge >= 0.3 is 0 Å². The minimum atomic E-state index is -1.52. The molecule has 32 nitrogen and oxygen atoms in total. The van der Waals surface area contributed by atoms with E-state index in [0.717, 1.165) is 5.69 Å². The molecule has 8 atom stereocenters. The number of rotatable bonds is 40. The highest BCUT2D eigenvalue weighted by Crippen LogP contribution is 2.23. The van der Waals surface area contributed by atoms with Crippen molar-refractivity contribution in [3.8, 4) is 5.69 Å². The van der Waals surface area contributed by atoms with Gasteiger partial charge < -0.3 is 97.5 Å². The van der Waals surface area contributed by atoms with Crippen molar-refractivity contribution in [3.05, 3.63) is 88.2 Å². The molecule has 516 valence electrons. The number of carbonyl (C=O) groups is 11. The van der Waals surface area contributed by atoms with E-state index in [1.54, 1.807) is 44.2 Å². The number of amides is 11. The number of carbonyl (C=O) groups excluding carboxylic acids is 11. The van der Waals surface area contributed by atoms with Crippen LogP contribution in [0.1, 0.15) is 95.5 Å². The van der Waals surface area contributed by atoms with E-state index < -0.39 is 126 Å². The molecule has 94 heavy (non-hydrogen) atoms. The molecule has 0 aliphatic rings. The zero-order chi connectivity index (χ0) is 70.0. The summed E-state index contributed by atoms with van der Waals surface area (Å²) in [4.78, 5) is 162. The molecule has 35 heteroatoms. The Balaban J connectivity index is 1.78. The van der Waals surface area contributed by atoms with Gasteiger partial charge in [-0.1, -0.05) is 43.1 Å². The highest BCUT2D eigenvalue weighted by molar-refractivity contribution is 7.80. The highest BCUT2D eigenvalue weighted by Gasteiger charge is 2.33. The van der Waals surface area contributed by atoms with Crippen molar-refractivity contribution in [1.29, 1.82) is 0 Å².